The van der Waals surface area contributed by atoms with E-state index in [4.69, 9.17) is 9.47 Å². The van der Waals surface area contributed by atoms with Gasteiger partial charge in [-0.25, -0.2) is 9.59 Å². The zero-order valence-corrected chi connectivity index (χ0v) is 23.3. The summed E-state index contributed by atoms with van der Waals surface area (Å²) in [5.74, 6) is 0.421. The molecular weight excluding hydrogens is 526 g/mol. The van der Waals surface area contributed by atoms with Crippen LogP contribution in [-0.2, 0) is 17.9 Å². The summed E-state index contributed by atoms with van der Waals surface area (Å²) < 4.78 is 13.5. The molecule has 0 aliphatic heterocycles. The van der Waals surface area contributed by atoms with E-state index in [-0.39, 0.29) is 6.03 Å². The van der Waals surface area contributed by atoms with Gasteiger partial charge in [0.25, 0.3) is 0 Å². The highest BCUT2D eigenvalue weighted by atomic mass is 16.6. The summed E-state index contributed by atoms with van der Waals surface area (Å²) in [5.41, 5.74) is 5.15. The first-order chi connectivity index (χ1) is 20.5. The van der Waals surface area contributed by atoms with Gasteiger partial charge in [0.1, 0.15) is 12.4 Å². The van der Waals surface area contributed by atoms with Crippen LogP contribution < -0.4 is 19.9 Å². The number of carbonyl (C=O) groups is 2. The van der Waals surface area contributed by atoms with Crippen LogP contribution in [0.15, 0.2) is 134 Å². The van der Waals surface area contributed by atoms with Gasteiger partial charge in [-0.05, 0) is 47.5 Å². The fraction of sp³-hybridized carbons (Fsp3) is 0.114. The van der Waals surface area contributed by atoms with E-state index >= 15 is 0 Å². The highest BCUT2D eigenvalue weighted by Crippen LogP contribution is 2.30. The molecule has 0 bridgehead atoms. The van der Waals surface area contributed by atoms with Crippen molar-refractivity contribution in [3.63, 3.8) is 0 Å². The third kappa shape index (κ3) is 7.61. The Hall–Kier alpha value is -5.43. The van der Waals surface area contributed by atoms with Crippen molar-refractivity contribution in [2.75, 3.05) is 5.32 Å². The lowest BCUT2D eigenvalue weighted by atomic mass is 10.0. The van der Waals surface area contributed by atoms with Gasteiger partial charge in [0.15, 0.2) is 12.4 Å². The highest BCUT2D eigenvalue weighted by Gasteiger charge is 2.19. The largest absolute Gasteiger partial charge is 0.488 e. The number of hydrogen-bond acceptors (Lipinski definition) is 4. The van der Waals surface area contributed by atoms with E-state index in [2.05, 4.69) is 22.8 Å². The zero-order valence-electron chi connectivity index (χ0n) is 23.3. The van der Waals surface area contributed by atoms with Crippen molar-refractivity contribution in [3.8, 4) is 16.9 Å². The molecule has 1 atom stereocenters. The first-order valence-corrected chi connectivity index (χ1v) is 13.7. The minimum atomic E-state index is -0.513. The Labute approximate surface area is 245 Å². The number of para-hydroxylation sites is 1. The van der Waals surface area contributed by atoms with Crippen LogP contribution in [0.3, 0.4) is 0 Å². The van der Waals surface area contributed by atoms with Crippen molar-refractivity contribution < 1.29 is 23.6 Å². The minimum Gasteiger partial charge on any atom is -0.488 e. The number of urea groups is 1. The predicted molar refractivity (Wildman–Crippen MR) is 162 cm³/mol. The Morgan fingerprint density at radius 1 is 0.762 bits per heavy atom. The first-order valence-electron chi connectivity index (χ1n) is 13.7. The topological polar surface area (TPSA) is 80.5 Å². The molecule has 0 aliphatic rings. The third-order valence-electron chi connectivity index (χ3n) is 6.62. The van der Waals surface area contributed by atoms with E-state index in [1.807, 2.05) is 97.3 Å². The van der Waals surface area contributed by atoms with Crippen LogP contribution in [0.25, 0.3) is 11.1 Å². The molecule has 42 heavy (non-hydrogen) atoms. The molecule has 7 nitrogen and oxygen atoms in total. The molecule has 0 fully saturated rings. The third-order valence-corrected chi connectivity index (χ3v) is 6.62. The number of amides is 2. The van der Waals surface area contributed by atoms with Crippen molar-refractivity contribution in [1.29, 1.82) is 0 Å². The molecule has 210 valence electrons. The number of anilines is 1. The first kappa shape index (κ1) is 28.1. The van der Waals surface area contributed by atoms with Crippen molar-refractivity contribution in [1.82, 2.24) is 5.32 Å². The fourth-order valence-corrected chi connectivity index (χ4v) is 4.38. The molecule has 5 aromatic rings. The standard InChI is InChI=1S/C35H31N3O4/c1-26(42-34(39)30-14-6-3-7-15-30)38-22-10-11-28(24-38)23-36-35(40)37-31-20-18-27(19-21-31)25-41-33-17-9-8-16-32(33)29-12-4-2-5-13-29/h2-22,24,26H,23,25H2,1H3,(H-,36,37,40)/p+1. The van der Waals surface area contributed by atoms with Gasteiger partial charge in [0.2, 0.25) is 0 Å². The molecule has 2 N–H and O–H groups in total. The molecule has 2 amide bonds. The number of pyridine rings is 1. The van der Waals surface area contributed by atoms with Crippen LogP contribution in [0.5, 0.6) is 5.75 Å². The number of hydrogen-bond donors (Lipinski definition) is 2. The van der Waals surface area contributed by atoms with Crippen LogP contribution >= 0.6 is 0 Å². The smallest absolute Gasteiger partial charge is 0.343 e. The van der Waals surface area contributed by atoms with Crippen LogP contribution in [0.2, 0.25) is 0 Å². The van der Waals surface area contributed by atoms with Crippen molar-refractivity contribution in [2.24, 2.45) is 0 Å². The summed E-state index contributed by atoms with van der Waals surface area (Å²) in [5, 5.41) is 5.73. The Morgan fingerprint density at radius 3 is 2.21 bits per heavy atom. The summed E-state index contributed by atoms with van der Waals surface area (Å²) in [7, 11) is 0. The molecule has 5 rings (SSSR count). The van der Waals surface area contributed by atoms with Gasteiger partial charge in [-0.15, -0.1) is 0 Å². The number of esters is 1. The SMILES string of the molecule is CC(OC(=O)c1ccccc1)[n+]1cccc(CNC(=O)Nc2ccc(COc3ccccc3-c3ccccc3)cc2)c1. The Balaban J connectivity index is 1.10. The maximum atomic E-state index is 12.6. The lowest BCUT2D eigenvalue weighted by Crippen LogP contribution is -2.40. The van der Waals surface area contributed by atoms with Gasteiger partial charge < -0.3 is 20.1 Å². The molecule has 1 aromatic heterocycles. The molecule has 1 heterocycles. The van der Waals surface area contributed by atoms with Gasteiger partial charge in [-0.2, -0.15) is 4.57 Å². The monoisotopic (exact) mass is 558 g/mol. The predicted octanol–water partition coefficient (Wildman–Crippen LogP) is 6.92. The van der Waals surface area contributed by atoms with Crippen molar-refractivity contribution in [2.45, 2.75) is 26.3 Å². The maximum absolute atomic E-state index is 12.6. The van der Waals surface area contributed by atoms with Crippen LogP contribution in [0.4, 0.5) is 10.5 Å². The second-order valence-corrected chi connectivity index (χ2v) is 9.69. The maximum Gasteiger partial charge on any atom is 0.343 e. The van der Waals surface area contributed by atoms with Gasteiger partial charge in [-0.1, -0.05) is 78.9 Å². The van der Waals surface area contributed by atoms with E-state index in [0.29, 0.717) is 24.4 Å². The highest BCUT2D eigenvalue weighted by molar-refractivity contribution is 5.89. The van der Waals surface area contributed by atoms with E-state index in [9.17, 15) is 9.59 Å². The van der Waals surface area contributed by atoms with Crippen LogP contribution in [0, 0.1) is 0 Å². The number of aromatic nitrogens is 1. The Bertz CT molecular complexity index is 1620. The van der Waals surface area contributed by atoms with Gasteiger partial charge >= 0.3 is 18.2 Å². The van der Waals surface area contributed by atoms with Crippen LogP contribution in [0.1, 0.15) is 34.6 Å². The van der Waals surface area contributed by atoms with Crippen molar-refractivity contribution >= 4 is 17.7 Å². The van der Waals surface area contributed by atoms with Gasteiger partial charge in [0.05, 0.1) is 12.1 Å². The zero-order chi connectivity index (χ0) is 29.1. The van der Waals surface area contributed by atoms with E-state index in [1.54, 1.807) is 35.8 Å². The number of ether oxygens (including phenoxy) is 2. The van der Waals surface area contributed by atoms with Gasteiger partial charge in [-0.3, -0.25) is 0 Å². The number of benzene rings is 4. The average Bonchev–Trinajstić information content (AvgIpc) is 3.04. The van der Waals surface area contributed by atoms with E-state index in [0.717, 1.165) is 28.0 Å². The molecule has 0 spiro atoms. The molecule has 0 radical (unpaired) electrons. The molecule has 0 saturated heterocycles. The number of nitrogens with one attached hydrogen (secondary N) is 2. The Morgan fingerprint density at radius 2 is 1.45 bits per heavy atom. The molecule has 4 aromatic carbocycles. The molecule has 1 unspecified atom stereocenters. The number of carbonyl (C=O) groups excluding carboxylic acids is 2. The normalized spacial score (nSPS) is 11.3. The summed E-state index contributed by atoms with van der Waals surface area (Å²) >= 11 is 0. The summed E-state index contributed by atoms with van der Waals surface area (Å²) in [6.45, 7) is 2.50. The average molecular weight is 559 g/mol. The molecule has 7 heteroatoms. The van der Waals surface area contributed by atoms with Crippen LogP contribution in [-0.4, -0.2) is 12.0 Å². The lowest BCUT2D eigenvalue weighted by Gasteiger charge is -2.12. The molecule has 0 aliphatic carbocycles. The fourth-order valence-electron chi connectivity index (χ4n) is 4.38. The number of rotatable bonds is 10. The van der Waals surface area contributed by atoms with E-state index in [1.165, 1.54) is 0 Å². The summed E-state index contributed by atoms with van der Waals surface area (Å²) in [4.78, 5) is 24.9. The summed E-state index contributed by atoms with van der Waals surface area (Å²) in [6.07, 6.45) is 3.15. The molecule has 0 saturated carbocycles. The number of nitrogens with zero attached hydrogens (tertiary/aromatic N) is 1. The Kier molecular flexibility index (Phi) is 9.21. The second kappa shape index (κ2) is 13.8. The lowest BCUT2D eigenvalue weighted by molar-refractivity contribution is -0.753. The summed E-state index contributed by atoms with van der Waals surface area (Å²) in [6, 6.07) is 38.0. The van der Waals surface area contributed by atoms with Crippen molar-refractivity contribution in [3.05, 3.63) is 150 Å². The molecular formula is C35H32N3O4+. The van der Waals surface area contributed by atoms with E-state index < -0.39 is 12.2 Å². The van der Waals surface area contributed by atoms with Gasteiger partial charge in [0, 0.05) is 29.8 Å². The quantitative estimate of drug-likeness (QED) is 0.144. The minimum absolute atomic E-state index is 0.304. The second-order valence-electron chi connectivity index (χ2n) is 9.69.